The molecule has 1 saturated heterocycles. The van der Waals surface area contributed by atoms with Crippen LogP contribution in [-0.2, 0) is 33.6 Å². The number of hydrogen-bond donors (Lipinski definition) is 7. The van der Waals surface area contributed by atoms with E-state index in [1.807, 2.05) is 0 Å². The van der Waals surface area contributed by atoms with Crippen molar-refractivity contribution in [3.05, 3.63) is 38.3 Å². The molecule has 0 radical (unpaired) electrons. The largest absolute Gasteiger partial charge is 0.368 e. The average molecular weight is 842 g/mol. The normalized spacial score (nSPS) is 19.7. The summed E-state index contributed by atoms with van der Waals surface area (Å²) in [5.41, 5.74) is 7.48. The molecule has 0 aromatic carbocycles. The molecule has 7 amide bonds. The third kappa shape index (κ3) is 12.4. The van der Waals surface area contributed by atoms with Crippen LogP contribution in [0.4, 0.5) is 5.69 Å². The highest BCUT2D eigenvalue weighted by Gasteiger charge is 2.44. The van der Waals surface area contributed by atoms with E-state index in [0.717, 1.165) is 57.6 Å². The van der Waals surface area contributed by atoms with Gasteiger partial charge in [-0.1, -0.05) is 59.3 Å². The van der Waals surface area contributed by atoms with Crippen molar-refractivity contribution in [2.24, 2.45) is 28.7 Å². The van der Waals surface area contributed by atoms with Crippen molar-refractivity contribution in [2.45, 2.75) is 147 Å². The van der Waals surface area contributed by atoms with Gasteiger partial charge in [-0.05, 0) is 68.6 Å². The van der Waals surface area contributed by atoms with Crippen molar-refractivity contribution >= 4 is 52.8 Å². The van der Waals surface area contributed by atoms with Gasteiger partial charge in [0.1, 0.15) is 30.2 Å². The molecule has 9 N–H and O–H groups in total. The summed E-state index contributed by atoms with van der Waals surface area (Å²) in [7, 11) is 0. The number of primary amides is 2. The molecule has 1 unspecified atom stereocenters. The molecule has 0 spiro atoms. The van der Waals surface area contributed by atoms with Crippen molar-refractivity contribution in [3.63, 3.8) is 0 Å². The van der Waals surface area contributed by atoms with Crippen LogP contribution in [0.2, 0.25) is 0 Å². The monoisotopic (exact) mass is 841 g/mol. The highest BCUT2D eigenvalue weighted by Crippen LogP contribution is 2.30. The maximum absolute atomic E-state index is 14.6. The number of Topliss-reactive ketones (excluding diaryl/α,β-unsaturated/α-hetero) is 1. The molecule has 3 fully saturated rings. The molecule has 60 heavy (non-hydrogen) atoms. The summed E-state index contributed by atoms with van der Waals surface area (Å²) in [4.78, 5) is 132. The summed E-state index contributed by atoms with van der Waals surface area (Å²) in [6.45, 7) is 5.15. The first-order valence-electron chi connectivity index (χ1n) is 20.8. The summed E-state index contributed by atoms with van der Waals surface area (Å²) in [5.74, 6) is -7.00. The molecule has 1 aliphatic heterocycles. The number of nitrogens with one attached hydrogen (secondary N) is 5. The van der Waals surface area contributed by atoms with Gasteiger partial charge in [-0.15, -0.1) is 0 Å². The lowest BCUT2D eigenvalue weighted by atomic mass is 9.81. The number of nitrogens with zero attached hydrogens (tertiary/aromatic N) is 2. The third-order valence-electron chi connectivity index (χ3n) is 11.8. The van der Waals surface area contributed by atoms with Crippen LogP contribution < -0.4 is 38.3 Å². The first-order chi connectivity index (χ1) is 28.3. The first-order valence-corrected chi connectivity index (χ1v) is 20.8. The molecule has 5 atom stereocenters. The van der Waals surface area contributed by atoms with Crippen molar-refractivity contribution in [2.75, 3.05) is 6.54 Å². The van der Waals surface area contributed by atoms with Crippen molar-refractivity contribution in [1.29, 1.82) is 0 Å². The number of ketones is 1. The number of pyridine rings is 1. The number of nitro groups is 1. The van der Waals surface area contributed by atoms with Crippen molar-refractivity contribution in [1.82, 2.24) is 31.2 Å². The minimum atomic E-state index is -1.59. The van der Waals surface area contributed by atoms with Gasteiger partial charge in [0.2, 0.25) is 35.3 Å². The van der Waals surface area contributed by atoms with E-state index in [9.17, 15) is 53.3 Å². The molecule has 20 nitrogen and oxygen atoms in total. The molecule has 0 bridgehead atoms. The number of hydrogen-bond acceptors (Lipinski definition) is 11. The molecule has 2 aliphatic carbocycles. The van der Waals surface area contributed by atoms with Gasteiger partial charge in [-0.25, -0.2) is 0 Å². The third-order valence-corrected chi connectivity index (χ3v) is 11.8. The zero-order chi connectivity index (χ0) is 44.3. The minimum Gasteiger partial charge on any atom is -0.368 e. The van der Waals surface area contributed by atoms with Gasteiger partial charge in [0.05, 0.1) is 10.5 Å². The smallest absolute Gasteiger partial charge is 0.334 e. The Morgan fingerprint density at radius 1 is 0.817 bits per heavy atom. The zero-order valence-corrected chi connectivity index (χ0v) is 34.5. The summed E-state index contributed by atoms with van der Waals surface area (Å²) in [5, 5.41) is 22.2. The number of aromatic nitrogens is 1. The lowest BCUT2D eigenvalue weighted by Crippen LogP contribution is -2.64. The second-order valence-corrected chi connectivity index (χ2v) is 17.2. The Morgan fingerprint density at radius 3 is 1.95 bits per heavy atom. The first kappa shape index (κ1) is 47.0. The number of H-pyrrole nitrogens is 1. The molecule has 2 heterocycles. The summed E-state index contributed by atoms with van der Waals surface area (Å²) in [6.07, 6.45) is 9.65. The number of rotatable bonds is 17. The Kier molecular flexibility index (Phi) is 16.5. The van der Waals surface area contributed by atoms with Gasteiger partial charge >= 0.3 is 11.2 Å². The van der Waals surface area contributed by atoms with Crippen LogP contribution in [0.15, 0.2) is 17.1 Å². The van der Waals surface area contributed by atoms with E-state index in [2.05, 4.69) is 26.3 Å². The predicted octanol–water partition coefficient (Wildman–Crippen LogP) is 0.744. The van der Waals surface area contributed by atoms with Gasteiger partial charge in [0.25, 0.3) is 11.8 Å². The Morgan fingerprint density at radius 2 is 1.40 bits per heavy atom. The second-order valence-electron chi connectivity index (χ2n) is 17.2. The molecule has 330 valence electrons. The fourth-order valence-corrected chi connectivity index (χ4v) is 8.42. The van der Waals surface area contributed by atoms with Crippen molar-refractivity contribution in [3.8, 4) is 0 Å². The number of piperidine rings is 1. The van der Waals surface area contributed by atoms with Gasteiger partial charge in [0, 0.05) is 25.2 Å². The molecular weight excluding hydrogens is 782 g/mol. The lowest BCUT2D eigenvalue weighted by molar-refractivity contribution is -0.386. The highest BCUT2D eigenvalue weighted by atomic mass is 16.6. The van der Waals surface area contributed by atoms with Crippen LogP contribution in [0, 0.1) is 27.4 Å². The fraction of sp³-hybridized carbons (Fsp3) is 0.675. The average Bonchev–Trinajstić information content (AvgIpc) is 3.21. The Labute approximate surface area is 347 Å². The van der Waals surface area contributed by atoms with E-state index < -0.39 is 117 Å². The van der Waals surface area contributed by atoms with Gasteiger partial charge in [-0.3, -0.25) is 53.3 Å². The number of carbonyl (C=O) groups is 8. The standard InChI is InChI=1S/C40H59N9O11/c1-40(2,3)31(47-35(54)25(17-18-28(50)32(41)51)44-34(53)24-20-27(49(59)60)36(55)43-21-24)39(58)48-19-11-10-16-26(48)37(56)46-30(23-14-8-5-9-15-23)38(57)45-29(33(42)52)22-12-6-4-7-13-22/h20-23,25-26,29-31H,4-19H2,1-3H3,(H2,41,51)(H2,42,52)(H,43,55)(H,44,53)(H,45,57)(H,46,56)(H,47,54)/t25?,26-,29+,30+,31-/m1/s1. The Bertz CT molecular complexity index is 1860. The van der Waals surface area contributed by atoms with Crippen LogP contribution in [0.25, 0.3) is 0 Å². The number of carbonyl (C=O) groups excluding carboxylic acids is 8. The molecule has 1 aromatic rings. The van der Waals surface area contributed by atoms with E-state index in [1.54, 1.807) is 20.8 Å². The molecular formula is C40H59N9O11. The van der Waals surface area contributed by atoms with E-state index in [1.165, 1.54) is 4.90 Å². The van der Waals surface area contributed by atoms with E-state index in [4.69, 9.17) is 11.5 Å². The number of nitrogens with two attached hydrogens (primary N) is 2. The minimum absolute atomic E-state index is 0.110. The second kappa shape index (κ2) is 21.0. The fourth-order valence-electron chi connectivity index (χ4n) is 8.42. The topological polar surface area (TPSA) is 316 Å². The molecule has 20 heteroatoms. The quantitative estimate of drug-likeness (QED) is 0.0652. The van der Waals surface area contributed by atoms with Crippen LogP contribution in [0.1, 0.15) is 127 Å². The Balaban J connectivity index is 1.57. The van der Waals surface area contributed by atoms with Gasteiger partial charge in [-0.2, -0.15) is 0 Å². The van der Waals surface area contributed by atoms with E-state index in [0.29, 0.717) is 31.7 Å². The van der Waals surface area contributed by atoms with Crippen LogP contribution in [0.3, 0.4) is 0 Å². The van der Waals surface area contributed by atoms with E-state index >= 15 is 0 Å². The SMILES string of the molecule is CC(C)(C)[C@H](NC(=O)C(CCC(=O)C(N)=O)NC(=O)c1c[nH]c(=O)c([N+](=O)[O-])c1)C(=O)N1CCCC[C@@H]1C(=O)N[C@H](C(=O)N[C@H](C(N)=O)C1CCCCC1)C1CCCCC1. The summed E-state index contributed by atoms with van der Waals surface area (Å²) in [6, 6.07) is -5.10. The van der Waals surface area contributed by atoms with Crippen molar-refractivity contribution < 1.29 is 43.3 Å². The van der Waals surface area contributed by atoms with Crippen LogP contribution in [-0.4, -0.2) is 98.7 Å². The number of amides is 7. The number of aromatic amines is 1. The number of likely N-dealkylation sites (tertiary alicyclic amines) is 1. The molecule has 2 saturated carbocycles. The Hall–Kier alpha value is -5.69. The van der Waals surface area contributed by atoms with Crippen LogP contribution >= 0.6 is 0 Å². The van der Waals surface area contributed by atoms with E-state index in [-0.39, 0.29) is 24.8 Å². The highest BCUT2D eigenvalue weighted by molar-refractivity contribution is 6.35. The summed E-state index contributed by atoms with van der Waals surface area (Å²) < 4.78 is 0. The van der Waals surface area contributed by atoms with Crippen LogP contribution in [0.5, 0.6) is 0 Å². The summed E-state index contributed by atoms with van der Waals surface area (Å²) >= 11 is 0. The molecule has 4 rings (SSSR count). The van der Waals surface area contributed by atoms with Gasteiger partial charge < -0.3 is 42.6 Å². The van der Waals surface area contributed by atoms with Gasteiger partial charge in [0.15, 0.2) is 0 Å². The maximum atomic E-state index is 14.6. The molecule has 1 aromatic heterocycles. The predicted molar refractivity (Wildman–Crippen MR) is 215 cm³/mol. The molecule has 3 aliphatic rings. The lowest BCUT2D eigenvalue weighted by Gasteiger charge is -2.41. The maximum Gasteiger partial charge on any atom is 0.334 e. The zero-order valence-electron chi connectivity index (χ0n) is 34.5.